The second-order valence-electron chi connectivity index (χ2n) is 6.01. The Morgan fingerprint density at radius 2 is 1.97 bits per heavy atom. The van der Waals surface area contributed by atoms with Gasteiger partial charge in [-0.15, -0.1) is 6.58 Å². The number of esters is 1. The molecule has 1 N–H and O–H groups in total. The van der Waals surface area contributed by atoms with Gasteiger partial charge in [0.05, 0.1) is 30.8 Å². The normalized spacial score (nSPS) is 10.0. The van der Waals surface area contributed by atoms with Gasteiger partial charge >= 0.3 is 5.97 Å². The lowest BCUT2D eigenvalue weighted by atomic mass is 10.1. The Morgan fingerprint density at radius 3 is 2.58 bits per heavy atom. The lowest BCUT2D eigenvalue weighted by Gasteiger charge is -2.08. The summed E-state index contributed by atoms with van der Waals surface area (Å²) in [4.78, 5) is 29.8. The molecule has 0 unspecified atom stereocenters. The molecule has 1 aromatic carbocycles. The fourth-order valence-corrected chi connectivity index (χ4v) is 2.56. The predicted molar refractivity (Wildman–Crippen MR) is 119 cm³/mol. The number of hydrogen-bond donors (Lipinski definition) is 1. The summed E-state index contributed by atoms with van der Waals surface area (Å²) >= 11 is 3.13. The Labute approximate surface area is 188 Å². The summed E-state index contributed by atoms with van der Waals surface area (Å²) in [7, 11) is 1.29. The number of hydrogen-bond acceptors (Lipinski definition) is 7. The molecule has 0 saturated carbocycles. The summed E-state index contributed by atoms with van der Waals surface area (Å²) in [6.45, 7) is 5.59. The van der Waals surface area contributed by atoms with E-state index in [0.717, 1.165) is 5.33 Å². The van der Waals surface area contributed by atoms with Crippen LogP contribution in [0.5, 0.6) is 0 Å². The van der Waals surface area contributed by atoms with Gasteiger partial charge in [0, 0.05) is 24.7 Å². The number of para-hydroxylation sites is 1. The molecular formula is C21H24BrN5O4. The SMILES string of the molecule is C=CCBr.CCc1oc(CCNC(=O)c2ccccc2-n2nccn2)nc1C(=O)OC. The monoisotopic (exact) mass is 489 g/mol. The smallest absolute Gasteiger partial charge is 0.360 e. The van der Waals surface area contributed by atoms with Crippen molar-refractivity contribution in [2.45, 2.75) is 19.8 Å². The van der Waals surface area contributed by atoms with E-state index in [1.54, 1.807) is 36.7 Å². The van der Waals surface area contributed by atoms with E-state index in [0.29, 0.717) is 42.3 Å². The Morgan fingerprint density at radius 1 is 1.29 bits per heavy atom. The van der Waals surface area contributed by atoms with E-state index in [2.05, 4.69) is 43.0 Å². The summed E-state index contributed by atoms with van der Waals surface area (Å²) in [5, 5.41) is 11.8. The number of carbonyl (C=O) groups is 2. The number of alkyl halides is 1. The van der Waals surface area contributed by atoms with Crippen molar-refractivity contribution < 1.29 is 18.7 Å². The summed E-state index contributed by atoms with van der Waals surface area (Å²) in [5.41, 5.74) is 1.21. The molecule has 0 saturated heterocycles. The molecule has 3 rings (SSSR count). The fourth-order valence-electron chi connectivity index (χ4n) is 2.56. The van der Waals surface area contributed by atoms with Gasteiger partial charge in [-0.05, 0) is 12.1 Å². The molecular weight excluding hydrogens is 466 g/mol. The molecule has 0 spiro atoms. The third-order valence-corrected chi connectivity index (χ3v) is 4.42. The third-order valence-electron chi connectivity index (χ3n) is 3.96. The molecule has 31 heavy (non-hydrogen) atoms. The highest BCUT2D eigenvalue weighted by atomic mass is 79.9. The van der Waals surface area contributed by atoms with Crippen LogP contribution in [0.25, 0.3) is 5.69 Å². The minimum Gasteiger partial charge on any atom is -0.464 e. The maximum absolute atomic E-state index is 12.5. The molecule has 0 aliphatic heterocycles. The van der Waals surface area contributed by atoms with Gasteiger partial charge in [-0.3, -0.25) is 4.79 Å². The van der Waals surface area contributed by atoms with Crippen LogP contribution in [0, 0.1) is 0 Å². The number of carbonyl (C=O) groups excluding carboxylic acids is 2. The molecule has 2 aromatic heterocycles. The summed E-state index contributed by atoms with van der Waals surface area (Å²) in [6, 6.07) is 7.04. The van der Waals surface area contributed by atoms with Crippen molar-refractivity contribution in [3.8, 4) is 5.69 Å². The molecule has 0 bridgehead atoms. The summed E-state index contributed by atoms with van der Waals surface area (Å²) in [6.07, 6.45) is 5.74. The zero-order valence-corrected chi connectivity index (χ0v) is 19.0. The highest BCUT2D eigenvalue weighted by Gasteiger charge is 2.19. The lowest BCUT2D eigenvalue weighted by molar-refractivity contribution is 0.0592. The van der Waals surface area contributed by atoms with Gasteiger partial charge < -0.3 is 14.5 Å². The first-order chi connectivity index (χ1) is 15.0. The summed E-state index contributed by atoms with van der Waals surface area (Å²) in [5.74, 6) is 0.0396. The number of ether oxygens (including phenoxy) is 1. The van der Waals surface area contributed by atoms with Gasteiger partial charge in [0.1, 0.15) is 5.76 Å². The molecule has 10 heteroatoms. The number of aryl methyl sites for hydroxylation is 1. The zero-order valence-electron chi connectivity index (χ0n) is 17.4. The van der Waals surface area contributed by atoms with Gasteiger partial charge in [-0.2, -0.15) is 15.0 Å². The molecule has 9 nitrogen and oxygen atoms in total. The maximum Gasteiger partial charge on any atom is 0.360 e. The highest BCUT2D eigenvalue weighted by molar-refractivity contribution is 9.09. The van der Waals surface area contributed by atoms with Crippen molar-refractivity contribution in [3.05, 3.63) is 72.2 Å². The first-order valence-electron chi connectivity index (χ1n) is 9.53. The number of halogens is 1. The zero-order chi connectivity index (χ0) is 22.6. The van der Waals surface area contributed by atoms with Gasteiger partial charge in [0.25, 0.3) is 5.91 Å². The Kier molecular flexibility index (Phi) is 9.63. The van der Waals surface area contributed by atoms with Gasteiger partial charge in [0.15, 0.2) is 11.6 Å². The largest absolute Gasteiger partial charge is 0.464 e. The molecule has 1 amide bonds. The number of methoxy groups -OCH3 is 1. The number of amides is 1. The van der Waals surface area contributed by atoms with Gasteiger partial charge in [-0.25, -0.2) is 9.78 Å². The topological polar surface area (TPSA) is 112 Å². The van der Waals surface area contributed by atoms with Crippen LogP contribution in [-0.4, -0.2) is 50.8 Å². The first-order valence-corrected chi connectivity index (χ1v) is 10.6. The van der Waals surface area contributed by atoms with Crippen molar-refractivity contribution in [3.63, 3.8) is 0 Å². The average Bonchev–Trinajstić information content (AvgIpc) is 3.49. The molecule has 0 atom stereocenters. The van der Waals surface area contributed by atoms with Crippen LogP contribution in [0.4, 0.5) is 0 Å². The van der Waals surface area contributed by atoms with Crippen molar-refractivity contribution in [1.82, 2.24) is 25.3 Å². The number of oxazole rings is 1. The standard InChI is InChI=1S/C18H19N5O4.C3H5Br/c1-3-14-16(18(25)26-2)22-15(27-14)8-9-19-17(24)12-6-4-5-7-13(12)23-20-10-11-21-23;1-2-3-4/h4-7,10-11H,3,8-9H2,1-2H3,(H,19,24);2H,1,3H2. The summed E-state index contributed by atoms with van der Waals surface area (Å²) < 4.78 is 10.3. The number of rotatable bonds is 8. The number of allylic oxidation sites excluding steroid dienone is 1. The number of nitrogens with one attached hydrogen (secondary N) is 1. The van der Waals surface area contributed by atoms with Crippen LogP contribution in [0.1, 0.15) is 39.4 Å². The van der Waals surface area contributed by atoms with E-state index in [9.17, 15) is 9.59 Å². The minimum absolute atomic E-state index is 0.177. The van der Waals surface area contributed by atoms with E-state index in [-0.39, 0.29) is 11.6 Å². The van der Waals surface area contributed by atoms with E-state index in [1.165, 1.54) is 11.9 Å². The van der Waals surface area contributed by atoms with E-state index in [1.807, 2.05) is 13.0 Å². The third kappa shape index (κ3) is 6.61. The lowest BCUT2D eigenvalue weighted by Crippen LogP contribution is -2.27. The van der Waals surface area contributed by atoms with Crippen LogP contribution in [0.2, 0.25) is 0 Å². The quantitative estimate of drug-likeness (QED) is 0.293. The molecule has 0 aliphatic rings. The number of aromatic nitrogens is 4. The Balaban J connectivity index is 0.000000785. The number of benzene rings is 1. The Bertz CT molecular complexity index is 1000. The van der Waals surface area contributed by atoms with Gasteiger partial charge in [-0.1, -0.05) is 41.1 Å². The molecule has 0 fully saturated rings. The van der Waals surface area contributed by atoms with Crippen LogP contribution in [0.15, 0.2) is 53.7 Å². The van der Waals surface area contributed by atoms with Crippen LogP contribution >= 0.6 is 15.9 Å². The fraction of sp³-hybridized carbons (Fsp3) is 0.286. The predicted octanol–water partition coefficient (Wildman–Crippen LogP) is 3.14. The molecule has 164 valence electrons. The molecule has 0 radical (unpaired) electrons. The first kappa shape index (κ1) is 24.0. The molecule has 3 aromatic rings. The second kappa shape index (κ2) is 12.4. The molecule has 2 heterocycles. The van der Waals surface area contributed by atoms with Crippen molar-refractivity contribution in [2.24, 2.45) is 0 Å². The van der Waals surface area contributed by atoms with E-state index in [4.69, 9.17) is 9.15 Å². The van der Waals surface area contributed by atoms with E-state index < -0.39 is 5.97 Å². The molecule has 0 aliphatic carbocycles. The van der Waals surface area contributed by atoms with Gasteiger partial charge in [0.2, 0.25) is 0 Å². The highest BCUT2D eigenvalue weighted by Crippen LogP contribution is 2.14. The second-order valence-corrected chi connectivity index (χ2v) is 6.66. The number of nitrogens with zero attached hydrogens (tertiary/aromatic N) is 4. The van der Waals surface area contributed by atoms with Crippen molar-refractivity contribution in [2.75, 3.05) is 19.0 Å². The van der Waals surface area contributed by atoms with Crippen LogP contribution in [-0.2, 0) is 17.6 Å². The van der Waals surface area contributed by atoms with Crippen molar-refractivity contribution >= 4 is 27.8 Å². The van der Waals surface area contributed by atoms with Crippen LogP contribution < -0.4 is 5.32 Å². The average molecular weight is 490 g/mol. The maximum atomic E-state index is 12.5. The van der Waals surface area contributed by atoms with E-state index >= 15 is 0 Å². The van der Waals surface area contributed by atoms with Crippen LogP contribution in [0.3, 0.4) is 0 Å². The van der Waals surface area contributed by atoms with Crippen molar-refractivity contribution in [1.29, 1.82) is 0 Å². The minimum atomic E-state index is -0.536. The Hall–Kier alpha value is -3.27.